The normalized spacial score (nSPS) is 10.0. The number of anilines is 1. The van der Waals surface area contributed by atoms with E-state index in [-0.39, 0.29) is 28.6 Å². The monoisotopic (exact) mass is 289 g/mol. The first-order valence-corrected chi connectivity index (χ1v) is 6.20. The van der Waals surface area contributed by atoms with Gasteiger partial charge in [0.25, 0.3) is 5.56 Å². The first kappa shape index (κ1) is 14.0. The molecule has 0 spiro atoms. The SMILES string of the molecule is C#CCn1ncc(Cl)c(NCc2ccc(O)cc2)c1=O. The summed E-state index contributed by atoms with van der Waals surface area (Å²) in [5.74, 6) is 2.54. The van der Waals surface area contributed by atoms with Gasteiger partial charge in [0.1, 0.15) is 18.0 Å². The van der Waals surface area contributed by atoms with Gasteiger partial charge in [0.15, 0.2) is 0 Å². The number of halogens is 1. The van der Waals surface area contributed by atoms with Crippen LogP contribution in [0.15, 0.2) is 35.3 Å². The maximum absolute atomic E-state index is 12.1. The summed E-state index contributed by atoms with van der Waals surface area (Å²) in [6.07, 6.45) is 6.54. The first-order valence-electron chi connectivity index (χ1n) is 5.82. The zero-order valence-electron chi connectivity index (χ0n) is 10.5. The summed E-state index contributed by atoms with van der Waals surface area (Å²) in [5.41, 5.74) is 0.790. The molecule has 0 aliphatic carbocycles. The Kier molecular flexibility index (Phi) is 4.28. The van der Waals surface area contributed by atoms with E-state index in [1.165, 1.54) is 6.20 Å². The lowest BCUT2D eigenvalue weighted by atomic mass is 10.2. The number of hydrogen-bond donors (Lipinski definition) is 2. The van der Waals surface area contributed by atoms with Gasteiger partial charge in [-0.25, -0.2) is 4.68 Å². The summed E-state index contributed by atoms with van der Waals surface area (Å²) in [4.78, 5) is 12.1. The molecule has 0 unspecified atom stereocenters. The zero-order chi connectivity index (χ0) is 14.5. The van der Waals surface area contributed by atoms with Crippen LogP contribution in [0, 0.1) is 12.3 Å². The molecule has 0 fully saturated rings. The molecule has 0 radical (unpaired) electrons. The molecule has 20 heavy (non-hydrogen) atoms. The quantitative estimate of drug-likeness (QED) is 0.843. The lowest BCUT2D eigenvalue weighted by molar-refractivity contribution is 0.475. The van der Waals surface area contributed by atoms with Crippen LogP contribution in [0.25, 0.3) is 0 Å². The second-order valence-corrected chi connectivity index (χ2v) is 4.46. The van der Waals surface area contributed by atoms with E-state index in [9.17, 15) is 9.90 Å². The lowest BCUT2D eigenvalue weighted by Crippen LogP contribution is -2.25. The van der Waals surface area contributed by atoms with Gasteiger partial charge in [-0.3, -0.25) is 4.79 Å². The fourth-order valence-electron chi connectivity index (χ4n) is 1.63. The van der Waals surface area contributed by atoms with Crippen molar-refractivity contribution in [2.75, 3.05) is 5.32 Å². The second-order valence-electron chi connectivity index (χ2n) is 4.05. The number of aromatic hydroxyl groups is 1. The van der Waals surface area contributed by atoms with E-state index in [1.54, 1.807) is 24.3 Å². The Balaban J connectivity index is 2.21. The molecule has 2 N–H and O–H groups in total. The van der Waals surface area contributed by atoms with Crippen molar-refractivity contribution in [2.45, 2.75) is 13.1 Å². The Morgan fingerprint density at radius 3 is 2.75 bits per heavy atom. The van der Waals surface area contributed by atoms with E-state index < -0.39 is 0 Å². The summed E-state index contributed by atoms with van der Waals surface area (Å²) in [7, 11) is 0. The first-order chi connectivity index (χ1) is 9.61. The van der Waals surface area contributed by atoms with Gasteiger partial charge < -0.3 is 10.4 Å². The molecule has 0 bridgehead atoms. The average molecular weight is 290 g/mol. The summed E-state index contributed by atoms with van der Waals surface area (Å²) in [5, 5.41) is 16.3. The molecule has 0 aliphatic heterocycles. The number of terminal acetylenes is 1. The van der Waals surface area contributed by atoms with Gasteiger partial charge in [-0.15, -0.1) is 6.42 Å². The van der Waals surface area contributed by atoms with Crippen molar-refractivity contribution in [3.8, 4) is 18.1 Å². The predicted octanol–water partition coefficient (Wildman–Crippen LogP) is 1.85. The number of phenols is 1. The standard InChI is InChI=1S/C14H12ClN3O2/c1-2-7-18-14(20)13(12(15)9-17-18)16-8-10-3-5-11(19)6-4-10/h1,3-6,9,16,19H,7-8H2. The smallest absolute Gasteiger partial charge is 0.292 e. The highest BCUT2D eigenvalue weighted by atomic mass is 35.5. The largest absolute Gasteiger partial charge is 0.508 e. The van der Waals surface area contributed by atoms with Crippen molar-refractivity contribution in [3.63, 3.8) is 0 Å². The van der Waals surface area contributed by atoms with Gasteiger partial charge in [-0.1, -0.05) is 29.7 Å². The molecule has 2 aromatic rings. The van der Waals surface area contributed by atoms with Crippen LogP contribution in [-0.2, 0) is 13.1 Å². The third-order valence-electron chi connectivity index (χ3n) is 2.64. The van der Waals surface area contributed by atoms with Crippen LogP contribution in [0.3, 0.4) is 0 Å². The minimum absolute atomic E-state index is 0.0872. The Morgan fingerprint density at radius 2 is 2.10 bits per heavy atom. The third-order valence-corrected chi connectivity index (χ3v) is 2.93. The van der Waals surface area contributed by atoms with Crippen LogP contribution in [0.5, 0.6) is 5.75 Å². The summed E-state index contributed by atoms with van der Waals surface area (Å²) >= 11 is 5.96. The van der Waals surface area contributed by atoms with Gasteiger partial charge in [-0.05, 0) is 17.7 Å². The molecule has 0 saturated heterocycles. The Bertz CT molecular complexity index is 702. The number of nitrogens with zero attached hydrogens (tertiary/aromatic N) is 2. The molecule has 1 aromatic heterocycles. The highest BCUT2D eigenvalue weighted by Crippen LogP contribution is 2.17. The molecule has 1 heterocycles. The number of aromatic nitrogens is 2. The fourth-order valence-corrected chi connectivity index (χ4v) is 1.82. The lowest BCUT2D eigenvalue weighted by Gasteiger charge is -2.09. The zero-order valence-corrected chi connectivity index (χ0v) is 11.3. The third kappa shape index (κ3) is 3.11. The van der Waals surface area contributed by atoms with Crippen LogP contribution < -0.4 is 10.9 Å². The number of nitrogens with one attached hydrogen (secondary N) is 1. The minimum Gasteiger partial charge on any atom is -0.508 e. The minimum atomic E-state index is -0.366. The molecule has 0 atom stereocenters. The molecule has 6 heteroatoms. The summed E-state index contributed by atoms with van der Waals surface area (Å²) in [6.45, 7) is 0.485. The highest BCUT2D eigenvalue weighted by molar-refractivity contribution is 6.32. The molecule has 0 saturated carbocycles. The van der Waals surface area contributed by atoms with Crippen LogP contribution in [-0.4, -0.2) is 14.9 Å². The summed E-state index contributed by atoms with van der Waals surface area (Å²) < 4.78 is 1.16. The number of phenolic OH excluding ortho intramolecular Hbond substituents is 1. The Labute approximate surface area is 120 Å². The second kappa shape index (κ2) is 6.13. The van der Waals surface area contributed by atoms with Crippen molar-refractivity contribution in [3.05, 3.63) is 51.4 Å². The molecule has 0 aliphatic rings. The van der Waals surface area contributed by atoms with Gasteiger partial charge in [-0.2, -0.15) is 5.10 Å². The van der Waals surface area contributed by atoms with E-state index in [1.807, 2.05) is 0 Å². The molecular formula is C14H12ClN3O2. The molecular weight excluding hydrogens is 278 g/mol. The van der Waals surface area contributed by atoms with Crippen molar-refractivity contribution >= 4 is 17.3 Å². The van der Waals surface area contributed by atoms with Crippen LogP contribution in [0.1, 0.15) is 5.56 Å². The van der Waals surface area contributed by atoms with Crippen molar-refractivity contribution in [1.82, 2.24) is 9.78 Å². The van der Waals surface area contributed by atoms with E-state index in [0.29, 0.717) is 6.54 Å². The fraction of sp³-hybridized carbons (Fsp3) is 0.143. The van der Waals surface area contributed by atoms with Crippen LogP contribution >= 0.6 is 11.6 Å². The van der Waals surface area contributed by atoms with E-state index in [2.05, 4.69) is 16.3 Å². The van der Waals surface area contributed by atoms with Gasteiger partial charge >= 0.3 is 0 Å². The highest BCUT2D eigenvalue weighted by Gasteiger charge is 2.09. The average Bonchev–Trinajstić information content (AvgIpc) is 2.44. The van der Waals surface area contributed by atoms with E-state index in [4.69, 9.17) is 18.0 Å². The van der Waals surface area contributed by atoms with Crippen molar-refractivity contribution in [2.24, 2.45) is 0 Å². The van der Waals surface area contributed by atoms with Gasteiger partial charge in [0.2, 0.25) is 0 Å². The Hall–Kier alpha value is -2.45. The maximum atomic E-state index is 12.1. The van der Waals surface area contributed by atoms with Crippen LogP contribution in [0.2, 0.25) is 5.02 Å². The molecule has 5 nitrogen and oxygen atoms in total. The molecule has 102 valence electrons. The predicted molar refractivity (Wildman–Crippen MR) is 77.8 cm³/mol. The molecule has 0 amide bonds. The Morgan fingerprint density at radius 1 is 1.40 bits per heavy atom. The van der Waals surface area contributed by atoms with E-state index >= 15 is 0 Å². The van der Waals surface area contributed by atoms with Gasteiger partial charge in [0.05, 0.1) is 11.2 Å². The molecule has 2 rings (SSSR count). The van der Waals surface area contributed by atoms with E-state index in [0.717, 1.165) is 10.2 Å². The van der Waals surface area contributed by atoms with Crippen molar-refractivity contribution < 1.29 is 5.11 Å². The van der Waals surface area contributed by atoms with Crippen molar-refractivity contribution in [1.29, 1.82) is 0 Å². The number of hydrogen-bond acceptors (Lipinski definition) is 4. The van der Waals surface area contributed by atoms with Crippen LogP contribution in [0.4, 0.5) is 5.69 Å². The molecule has 1 aromatic carbocycles. The topological polar surface area (TPSA) is 67.2 Å². The number of rotatable bonds is 4. The maximum Gasteiger partial charge on any atom is 0.292 e. The van der Waals surface area contributed by atoms with Gasteiger partial charge in [0, 0.05) is 6.54 Å². The summed E-state index contributed by atoms with van der Waals surface area (Å²) in [6, 6.07) is 6.64. The number of benzene rings is 1.